The molecular formula is C14H25N3O3S. The van der Waals surface area contributed by atoms with Crippen LogP contribution in [0.25, 0.3) is 0 Å². The molecule has 1 fully saturated rings. The van der Waals surface area contributed by atoms with Gasteiger partial charge in [0.05, 0.1) is 11.0 Å². The molecule has 0 aromatic carbocycles. The van der Waals surface area contributed by atoms with Crippen LogP contribution in [0.3, 0.4) is 0 Å². The molecule has 0 radical (unpaired) electrons. The van der Waals surface area contributed by atoms with Gasteiger partial charge in [-0.1, -0.05) is 6.92 Å². The van der Waals surface area contributed by atoms with Crippen molar-refractivity contribution >= 4 is 10.0 Å². The molecular weight excluding hydrogens is 290 g/mol. The number of nitrogens with one attached hydrogen (secondary N) is 2. The SMILES string of the molecule is CCNCc1cc(S(=O)(=O)N(C)CC2CCCCO2)c[nH]1. The van der Waals surface area contributed by atoms with Crippen molar-refractivity contribution in [3.8, 4) is 0 Å². The number of ether oxygens (including phenoxy) is 1. The Kier molecular flexibility index (Phi) is 5.80. The molecule has 0 spiro atoms. The highest BCUT2D eigenvalue weighted by atomic mass is 32.2. The van der Waals surface area contributed by atoms with E-state index < -0.39 is 10.0 Å². The highest BCUT2D eigenvalue weighted by Gasteiger charge is 2.26. The first-order valence-electron chi connectivity index (χ1n) is 7.50. The number of aromatic amines is 1. The third-order valence-electron chi connectivity index (χ3n) is 3.72. The molecule has 1 atom stereocenters. The minimum absolute atomic E-state index is 0.0127. The smallest absolute Gasteiger partial charge is 0.244 e. The molecule has 120 valence electrons. The van der Waals surface area contributed by atoms with Crippen molar-refractivity contribution in [3.63, 3.8) is 0 Å². The monoisotopic (exact) mass is 315 g/mol. The molecule has 1 aromatic rings. The lowest BCUT2D eigenvalue weighted by Gasteiger charge is -2.26. The Morgan fingerprint density at radius 1 is 1.48 bits per heavy atom. The number of nitrogens with zero attached hydrogens (tertiary/aromatic N) is 1. The van der Waals surface area contributed by atoms with E-state index in [0.29, 0.717) is 18.0 Å². The van der Waals surface area contributed by atoms with Gasteiger partial charge in [0.15, 0.2) is 0 Å². The second kappa shape index (κ2) is 7.40. The van der Waals surface area contributed by atoms with Gasteiger partial charge in [-0.25, -0.2) is 8.42 Å². The largest absolute Gasteiger partial charge is 0.377 e. The van der Waals surface area contributed by atoms with Crippen molar-refractivity contribution in [2.45, 2.75) is 43.7 Å². The maximum absolute atomic E-state index is 12.5. The Bertz CT molecular complexity index is 535. The van der Waals surface area contributed by atoms with Gasteiger partial charge >= 0.3 is 0 Å². The molecule has 7 heteroatoms. The fourth-order valence-corrected chi connectivity index (χ4v) is 3.67. The lowest BCUT2D eigenvalue weighted by atomic mass is 10.1. The van der Waals surface area contributed by atoms with Crippen molar-refractivity contribution in [1.29, 1.82) is 0 Å². The van der Waals surface area contributed by atoms with Gasteiger partial charge in [-0.05, 0) is 31.9 Å². The molecule has 1 aliphatic rings. The minimum atomic E-state index is -3.45. The van der Waals surface area contributed by atoms with Crippen LogP contribution in [0.5, 0.6) is 0 Å². The Labute approximate surface area is 126 Å². The highest BCUT2D eigenvalue weighted by Crippen LogP contribution is 2.19. The number of likely N-dealkylation sites (N-methyl/N-ethyl adjacent to an activating group) is 1. The third-order valence-corrected chi connectivity index (χ3v) is 5.53. The molecule has 1 aromatic heterocycles. The van der Waals surface area contributed by atoms with Crippen molar-refractivity contribution in [1.82, 2.24) is 14.6 Å². The van der Waals surface area contributed by atoms with E-state index in [2.05, 4.69) is 10.3 Å². The molecule has 21 heavy (non-hydrogen) atoms. The zero-order valence-electron chi connectivity index (χ0n) is 12.8. The Morgan fingerprint density at radius 3 is 2.95 bits per heavy atom. The van der Waals surface area contributed by atoms with Crippen LogP contribution < -0.4 is 5.32 Å². The highest BCUT2D eigenvalue weighted by molar-refractivity contribution is 7.89. The summed E-state index contributed by atoms with van der Waals surface area (Å²) >= 11 is 0. The summed E-state index contributed by atoms with van der Waals surface area (Å²) in [4.78, 5) is 3.32. The first-order valence-corrected chi connectivity index (χ1v) is 8.94. The molecule has 2 N–H and O–H groups in total. The van der Waals surface area contributed by atoms with Crippen LogP contribution in [0, 0.1) is 0 Å². The van der Waals surface area contributed by atoms with E-state index in [1.54, 1.807) is 19.3 Å². The topological polar surface area (TPSA) is 74.4 Å². The summed E-state index contributed by atoms with van der Waals surface area (Å²) in [6.45, 7) is 4.64. The summed E-state index contributed by atoms with van der Waals surface area (Å²) in [6.07, 6.45) is 4.67. The van der Waals surface area contributed by atoms with Crippen LogP contribution >= 0.6 is 0 Å². The lowest BCUT2D eigenvalue weighted by Crippen LogP contribution is -2.37. The van der Waals surface area contributed by atoms with Crippen molar-refractivity contribution in [3.05, 3.63) is 18.0 Å². The average Bonchev–Trinajstić information content (AvgIpc) is 2.95. The van der Waals surface area contributed by atoms with Gasteiger partial charge in [0, 0.05) is 38.6 Å². The van der Waals surface area contributed by atoms with E-state index in [0.717, 1.165) is 38.1 Å². The first kappa shape index (κ1) is 16.5. The average molecular weight is 315 g/mol. The van der Waals surface area contributed by atoms with Gasteiger partial charge in [0.2, 0.25) is 10.0 Å². The van der Waals surface area contributed by atoms with Gasteiger partial charge in [0.25, 0.3) is 0 Å². The molecule has 1 saturated heterocycles. The molecule has 1 unspecified atom stereocenters. The van der Waals surface area contributed by atoms with Crippen molar-refractivity contribution in [2.24, 2.45) is 0 Å². The van der Waals surface area contributed by atoms with E-state index >= 15 is 0 Å². The normalized spacial score (nSPS) is 20.0. The van der Waals surface area contributed by atoms with Crippen molar-refractivity contribution < 1.29 is 13.2 Å². The fraction of sp³-hybridized carbons (Fsp3) is 0.714. The van der Waals surface area contributed by atoms with Gasteiger partial charge < -0.3 is 15.0 Å². The van der Waals surface area contributed by atoms with E-state index in [1.807, 2.05) is 6.92 Å². The molecule has 6 nitrogen and oxygen atoms in total. The van der Waals surface area contributed by atoms with Gasteiger partial charge in [0.1, 0.15) is 0 Å². The van der Waals surface area contributed by atoms with E-state index in [4.69, 9.17) is 4.74 Å². The van der Waals surface area contributed by atoms with E-state index in [-0.39, 0.29) is 6.10 Å². The maximum atomic E-state index is 12.5. The number of rotatable bonds is 7. The number of hydrogen-bond donors (Lipinski definition) is 2. The van der Waals surface area contributed by atoms with Crippen LogP contribution in [-0.2, 0) is 21.3 Å². The Morgan fingerprint density at radius 2 is 2.29 bits per heavy atom. The van der Waals surface area contributed by atoms with E-state index in [9.17, 15) is 8.42 Å². The first-order chi connectivity index (χ1) is 10.0. The molecule has 0 bridgehead atoms. The maximum Gasteiger partial charge on any atom is 0.244 e. The van der Waals surface area contributed by atoms with Crippen LogP contribution in [0.4, 0.5) is 0 Å². The third kappa shape index (κ3) is 4.29. The molecule has 0 aliphatic carbocycles. The number of hydrogen-bond acceptors (Lipinski definition) is 4. The standard InChI is InChI=1S/C14H25N3O3S/c1-3-15-9-12-8-14(10-16-12)21(18,19)17(2)11-13-6-4-5-7-20-13/h8,10,13,15-16H,3-7,9,11H2,1-2H3. The Hall–Kier alpha value is -0.890. The van der Waals surface area contributed by atoms with Crippen LogP contribution in [0.2, 0.25) is 0 Å². The molecule has 0 saturated carbocycles. The van der Waals surface area contributed by atoms with Gasteiger partial charge in [-0.2, -0.15) is 4.31 Å². The summed E-state index contributed by atoms with van der Waals surface area (Å²) in [6, 6.07) is 1.69. The Balaban J connectivity index is 2.00. The fourth-order valence-electron chi connectivity index (χ4n) is 2.45. The van der Waals surface area contributed by atoms with Crippen molar-refractivity contribution in [2.75, 3.05) is 26.7 Å². The number of H-pyrrole nitrogens is 1. The molecule has 2 rings (SSSR count). The summed E-state index contributed by atoms with van der Waals surface area (Å²) in [7, 11) is -1.83. The van der Waals surface area contributed by atoms with Crippen LogP contribution in [0.15, 0.2) is 17.2 Å². The second-order valence-electron chi connectivity index (χ2n) is 5.42. The number of sulfonamides is 1. The predicted octanol–water partition coefficient (Wildman–Crippen LogP) is 1.31. The van der Waals surface area contributed by atoms with Crippen LogP contribution in [-0.4, -0.2) is 50.6 Å². The number of aromatic nitrogens is 1. The molecule has 2 heterocycles. The predicted molar refractivity (Wildman–Crippen MR) is 81.6 cm³/mol. The minimum Gasteiger partial charge on any atom is -0.377 e. The summed E-state index contributed by atoms with van der Waals surface area (Å²) in [5.41, 5.74) is 0.873. The molecule has 1 aliphatic heterocycles. The van der Waals surface area contributed by atoms with Crippen LogP contribution in [0.1, 0.15) is 31.9 Å². The van der Waals surface area contributed by atoms with E-state index in [1.165, 1.54) is 4.31 Å². The zero-order chi connectivity index (χ0) is 15.3. The summed E-state index contributed by atoms with van der Waals surface area (Å²) in [5.74, 6) is 0. The lowest BCUT2D eigenvalue weighted by molar-refractivity contribution is 0.00859. The second-order valence-corrected chi connectivity index (χ2v) is 7.46. The zero-order valence-corrected chi connectivity index (χ0v) is 13.6. The van der Waals surface area contributed by atoms with Gasteiger partial charge in [-0.15, -0.1) is 0 Å². The quantitative estimate of drug-likeness (QED) is 0.796. The molecule has 0 amide bonds. The summed E-state index contributed by atoms with van der Waals surface area (Å²) < 4.78 is 32.1. The van der Waals surface area contributed by atoms with Gasteiger partial charge in [-0.3, -0.25) is 0 Å². The summed E-state index contributed by atoms with van der Waals surface area (Å²) in [5, 5.41) is 3.16.